The van der Waals surface area contributed by atoms with Crippen LogP contribution in [-0.2, 0) is 11.7 Å². The fourth-order valence-corrected chi connectivity index (χ4v) is 3.32. The molecule has 0 bridgehead atoms. The van der Waals surface area contributed by atoms with Crippen molar-refractivity contribution in [2.24, 2.45) is 5.73 Å². The topological polar surface area (TPSA) is 44.5 Å². The maximum absolute atomic E-state index is 13.2. The summed E-state index contributed by atoms with van der Waals surface area (Å²) in [4.78, 5) is 0. The second kappa shape index (κ2) is 5.65. The molecule has 1 saturated carbocycles. The van der Waals surface area contributed by atoms with Crippen LogP contribution in [0.5, 0.6) is 11.5 Å². The average molecular weight is 315 g/mol. The number of hydrogen-bond donors (Lipinski definition) is 1. The molecule has 1 aromatic carbocycles. The SMILES string of the molecule is NC1(c2ccc(C(F)(F)F)c3c2OCCCO3)CCCCC1. The molecule has 6 heteroatoms. The highest BCUT2D eigenvalue weighted by Gasteiger charge is 2.40. The number of halogens is 3. The average Bonchev–Trinajstić information content (AvgIpc) is 2.71. The van der Waals surface area contributed by atoms with Crippen molar-refractivity contribution < 1.29 is 22.6 Å². The molecule has 0 spiro atoms. The molecule has 22 heavy (non-hydrogen) atoms. The molecule has 1 aliphatic carbocycles. The summed E-state index contributed by atoms with van der Waals surface area (Å²) in [6.45, 7) is 0.564. The van der Waals surface area contributed by atoms with Gasteiger partial charge in [0, 0.05) is 17.5 Å². The van der Waals surface area contributed by atoms with Crippen LogP contribution in [-0.4, -0.2) is 13.2 Å². The minimum absolute atomic E-state index is 0.191. The largest absolute Gasteiger partial charge is 0.489 e. The number of nitrogens with two attached hydrogens (primary N) is 1. The van der Waals surface area contributed by atoms with E-state index in [1.165, 1.54) is 6.07 Å². The molecular weight excluding hydrogens is 295 g/mol. The molecule has 3 rings (SSSR count). The minimum Gasteiger partial charge on any atom is -0.489 e. The highest BCUT2D eigenvalue weighted by atomic mass is 19.4. The molecule has 2 N–H and O–H groups in total. The Balaban J connectivity index is 2.12. The smallest absolute Gasteiger partial charge is 0.420 e. The molecule has 1 heterocycles. The molecule has 1 aromatic rings. The molecule has 0 amide bonds. The van der Waals surface area contributed by atoms with E-state index in [2.05, 4.69) is 0 Å². The summed E-state index contributed by atoms with van der Waals surface area (Å²) in [6, 6.07) is 2.55. The van der Waals surface area contributed by atoms with E-state index in [1.54, 1.807) is 0 Å². The zero-order valence-electron chi connectivity index (χ0n) is 12.3. The van der Waals surface area contributed by atoms with E-state index in [-0.39, 0.29) is 18.1 Å². The second-order valence-corrected chi connectivity index (χ2v) is 6.08. The summed E-state index contributed by atoms with van der Waals surface area (Å²) < 4.78 is 50.6. The van der Waals surface area contributed by atoms with Gasteiger partial charge in [0.25, 0.3) is 0 Å². The lowest BCUT2D eigenvalue weighted by atomic mass is 9.76. The van der Waals surface area contributed by atoms with Gasteiger partial charge in [-0.15, -0.1) is 0 Å². The Hall–Kier alpha value is -1.43. The number of fused-ring (bicyclic) bond motifs is 1. The molecule has 1 aliphatic heterocycles. The van der Waals surface area contributed by atoms with Crippen LogP contribution in [0, 0.1) is 0 Å². The van der Waals surface area contributed by atoms with Crippen molar-refractivity contribution in [2.45, 2.75) is 50.2 Å². The Morgan fingerprint density at radius 3 is 2.18 bits per heavy atom. The van der Waals surface area contributed by atoms with Crippen LogP contribution in [0.4, 0.5) is 13.2 Å². The third-order valence-corrected chi connectivity index (χ3v) is 4.48. The molecule has 0 radical (unpaired) electrons. The van der Waals surface area contributed by atoms with Crippen molar-refractivity contribution in [1.29, 1.82) is 0 Å². The first-order chi connectivity index (χ1) is 10.4. The third kappa shape index (κ3) is 2.76. The summed E-state index contributed by atoms with van der Waals surface area (Å²) in [5, 5.41) is 0. The Bertz CT molecular complexity index is 551. The standard InChI is InChI=1S/C16H20F3NO2/c17-16(18,19)12-6-5-11(15(20)7-2-1-3-8-15)13-14(12)22-10-4-9-21-13/h5-6H,1-4,7-10,20H2. The third-order valence-electron chi connectivity index (χ3n) is 4.48. The Kier molecular flexibility index (Phi) is 3.97. The Morgan fingerprint density at radius 2 is 1.55 bits per heavy atom. The van der Waals surface area contributed by atoms with Gasteiger partial charge in [0.05, 0.1) is 13.2 Å². The molecular formula is C16H20F3NO2. The number of alkyl halides is 3. The van der Waals surface area contributed by atoms with E-state index in [1.807, 2.05) is 0 Å². The first-order valence-corrected chi connectivity index (χ1v) is 7.71. The van der Waals surface area contributed by atoms with Crippen LogP contribution < -0.4 is 15.2 Å². The molecule has 2 aliphatic rings. The zero-order chi connectivity index (χ0) is 15.8. The van der Waals surface area contributed by atoms with E-state index >= 15 is 0 Å². The van der Waals surface area contributed by atoms with E-state index in [4.69, 9.17) is 15.2 Å². The van der Waals surface area contributed by atoms with Crippen LogP contribution in [0.25, 0.3) is 0 Å². The van der Waals surface area contributed by atoms with Gasteiger partial charge in [0.15, 0.2) is 11.5 Å². The maximum Gasteiger partial charge on any atom is 0.420 e. The van der Waals surface area contributed by atoms with Gasteiger partial charge in [0.2, 0.25) is 0 Å². The first kappa shape index (κ1) is 15.5. The minimum atomic E-state index is -4.47. The van der Waals surface area contributed by atoms with Gasteiger partial charge in [-0.25, -0.2) is 0 Å². The highest BCUT2D eigenvalue weighted by molar-refractivity contribution is 5.56. The predicted molar refractivity (Wildman–Crippen MR) is 76.0 cm³/mol. The van der Waals surface area contributed by atoms with Crippen molar-refractivity contribution in [3.05, 3.63) is 23.3 Å². The fourth-order valence-electron chi connectivity index (χ4n) is 3.32. The number of benzene rings is 1. The van der Waals surface area contributed by atoms with Gasteiger partial charge in [-0.3, -0.25) is 0 Å². The van der Waals surface area contributed by atoms with Crippen LogP contribution in [0.3, 0.4) is 0 Å². The highest BCUT2D eigenvalue weighted by Crippen LogP contribution is 2.49. The fraction of sp³-hybridized carbons (Fsp3) is 0.625. The van der Waals surface area contributed by atoms with Crippen molar-refractivity contribution in [2.75, 3.05) is 13.2 Å². The van der Waals surface area contributed by atoms with E-state index in [0.29, 0.717) is 18.6 Å². The van der Waals surface area contributed by atoms with Crippen LogP contribution in [0.2, 0.25) is 0 Å². The lowest BCUT2D eigenvalue weighted by Gasteiger charge is -2.35. The van der Waals surface area contributed by atoms with Crippen molar-refractivity contribution in [1.82, 2.24) is 0 Å². The van der Waals surface area contributed by atoms with E-state index in [9.17, 15) is 13.2 Å². The molecule has 0 aromatic heterocycles. The predicted octanol–water partition coefficient (Wildman–Crippen LogP) is 3.98. The summed E-state index contributed by atoms with van der Waals surface area (Å²) in [6.07, 6.45) is 0.676. The van der Waals surface area contributed by atoms with Gasteiger partial charge < -0.3 is 15.2 Å². The molecule has 0 atom stereocenters. The first-order valence-electron chi connectivity index (χ1n) is 7.71. The van der Waals surface area contributed by atoms with Crippen molar-refractivity contribution >= 4 is 0 Å². The van der Waals surface area contributed by atoms with E-state index in [0.717, 1.165) is 38.2 Å². The lowest BCUT2D eigenvalue weighted by Crippen LogP contribution is -2.39. The van der Waals surface area contributed by atoms with Gasteiger partial charge in [0.1, 0.15) is 5.56 Å². The zero-order valence-corrected chi connectivity index (χ0v) is 12.3. The quantitative estimate of drug-likeness (QED) is 0.852. The van der Waals surface area contributed by atoms with Crippen LogP contribution >= 0.6 is 0 Å². The van der Waals surface area contributed by atoms with Gasteiger partial charge in [-0.2, -0.15) is 13.2 Å². The van der Waals surface area contributed by atoms with Crippen molar-refractivity contribution in [3.8, 4) is 11.5 Å². The summed E-state index contributed by atoms with van der Waals surface area (Å²) in [5.74, 6) is -0.00498. The lowest BCUT2D eigenvalue weighted by molar-refractivity contribution is -0.139. The van der Waals surface area contributed by atoms with Gasteiger partial charge >= 0.3 is 6.18 Å². The Morgan fingerprint density at radius 1 is 0.909 bits per heavy atom. The van der Waals surface area contributed by atoms with Crippen LogP contribution in [0.15, 0.2) is 12.1 Å². The molecule has 0 unspecified atom stereocenters. The molecule has 122 valence electrons. The normalized spacial score (nSPS) is 21.3. The number of hydrogen-bond acceptors (Lipinski definition) is 3. The number of ether oxygens (including phenoxy) is 2. The Labute approximate surface area is 127 Å². The van der Waals surface area contributed by atoms with Crippen molar-refractivity contribution in [3.63, 3.8) is 0 Å². The molecule has 0 saturated heterocycles. The van der Waals surface area contributed by atoms with E-state index < -0.39 is 17.3 Å². The molecule has 3 nitrogen and oxygen atoms in total. The summed E-state index contributed by atoms with van der Waals surface area (Å²) >= 11 is 0. The monoisotopic (exact) mass is 315 g/mol. The summed E-state index contributed by atoms with van der Waals surface area (Å²) in [7, 11) is 0. The van der Waals surface area contributed by atoms with Gasteiger partial charge in [-0.05, 0) is 18.9 Å². The second-order valence-electron chi connectivity index (χ2n) is 6.08. The number of rotatable bonds is 1. The maximum atomic E-state index is 13.2. The van der Waals surface area contributed by atoms with Crippen LogP contribution in [0.1, 0.15) is 49.7 Å². The van der Waals surface area contributed by atoms with Gasteiger partial charge in [-0.1, -0.05) is 25.3 Å². The summed E-state index contributed by atoms with van der Waals surface area (Å²) in [5.41, 5.74) is 5.74. The molecule has 1 fully saturated rings.